The summed E-state index contributed by atoms with van der Waals surface area (Å²) in [5.74, 6) is -0.755. The molecule has 0 amide bonds. The highest BCUT2D eigenvalue weighted by Crippen LogP contribution is 2.41. The van der Waals surface area contributed by atoms with Gasteiger partial charge in [-0.25, -0.2) is 9.78 Å². The lowest BCUT2D eigenvalue weighted by Crippen LogP contribution is -2.13. The van der Waals surface area contributed by atoms with Crippen molar-refractivity contribution in [2.75, 3.05) is 12.3 Å². The zero-order valence-electron chi connectivity index (χ0n) is 16.8. The number of benzene rings is 1. The number of esters is 1. The quantitative estimate of drug-likeness (QED) is 0.451. The van der Waals surface area contributed by atoms with Gasteiger partial charge in [-0.15, -0.1) is 0 Å². The number of aromatic nitrogens is 5. The number of nitrogens with two attached hydrogens (primary N) is 1. The average Bonchev–Trinajstić information content (AvgIpc) is 3.29. The van der Waals surface area contributed by atoms with E-state index in [1.165, 1.54) is 24.4 Å². The van der Waals surface area contributed by atoms with E-state index in [4.69, 9.17) is 22.1 Å². The average molecular weight is 465 g/mol. The summed E-state index contributed by atoms with van der Waals surface area (Å²) < 4.78 is 48.9. The van der Waals surface area contributed by atoms with Crippen LogP contribution in [0.1, 0.15) is 28.7 Å². The zero-order chi connectivity index (χ0) is 23.2. The minimum absolute atomic E-state index is 0.0241. The molecule has 0 bridgehead atoms. The third-order valence-corrected chi connectivity index (χ3v) is 4.96. The van der Waals surface area contributed by atoms with Crippen LogP contribution in [0.25, 0.3) is 22.6 Å². The number of anilines is 1. The fourth-order valence-electron chi connectivity index (χ4n) is 3.29. The van der Waals surface area contributed by atoms with Crippen LogP contribution in [0.15, 0.2) is 36.5 Å². The number of hydrogen-bond donors (Lipinski definition) is 1. The number of carbonyl (C=O) groups is 1. The van der Waals surface area contributed by atoms with Crippen LogP contribution in [0.4, 0.5) is 19.0 Å². The van der Waals surface area contributed by atoms with Crippen LogP contribution in [0.3, 0.4) is 0 Å². The van der Waals surface area contributed by atoms with E-state index >= 15 is 0 Å². The Morgan fingerprint density at radius 1 is 1.28 bits per heavy atom. The fraction of sp³-hybridized carbons (Fsp3) is 0.200. The molecule has 1 aromatic carbocycles. The predicted molar refractivity (Wildman–Crippen MR) is 111 cm³/mol. The first-order valence-electron chi connectivity index (χ1n) is 9.37. The summed E-state index contributed by atoms with van der Waals surface area (Å²) in [5.41, 5.74) is 5.02. The third-order valence-electron chi connectivity index (χ3n) is 4.63. The van der Waals surface area contributed by atoms with Crippen molar-refractivity contribution in [3.05, 3.63) is 58.5 Å². The summed E-state index contributed by atoms with van der Waals surface area (Å²) in [7, 11) is 0. The molecule has 0 aliphatic carbocycles. The Balaban J connectivity index is 2.04. The number of halogens is 4. The van der Waals surface area contributed by atoms with E-state index in [9.17, 15) is 18.0 Å². The molecule has 12 heteroatoms. The van der Waals surface area contributed by atoms with Gasteiger partial charge in [-0.2, -0.15) is 32.6 Å². The van der Waals surface area contributed by atoms with Gasteiger partial charge in [-0.1, -0.05) is 29.8 Å². The molecule has 4 rings (SSSR count). The van der Waals surface area contributed by atoms with Crippen molar-refractivity contribution in [2.24, 2.45) is 0 Å². The van der Waals surface area contributed by atoms with Crippen molar-refractivity contribution in [1.82, 2.24) is 24.4 Å². The Morgan fingerprint density at radius 2 is 2.00 bits per heavy atom. The number of carbonyl (C=O) groups excluding carboxylic acids is 1. The van der Waals surface area contributed by atoms with Crippen molar-refractivity contribution in [3.8, 4) is 16.9 Å². The number of alkyl halides is 3. The van der Waals surface area contributed by atoms with Gasteiger partial charge in [0.2, 0.25) is 0 Å². The van der Waals surface area contributed by atoms with Crippen LogP contribution in [0.5, 0.6) is 0 Å². The van der Waals surface area contributed by atoms with Gasteiger partial charge in [0, 0.05) is 22.3 Å². The van der Waals surface area contributed by atoms with E-state index < -0.39 is 17.8 Å². The number of aryl methyl sites for hydroxylation is 1. The Labute approximate surface area is 184 Å². The SMILES string of the molecule is CCOC(=O)c1cnn(-c2cc(C)nc3c(-c4ccccc4Cl)c(C(F)(F)F)nn23)c1N. The first-order chi connectivity index (χ1) is 15.1. The van der Waals surface area contributed by atoms with Gasteiger partial charge in [0.25, 0.3) is 0 Å². The lowest BCUT2D eigenvalue weighted by Gasteiger charge is -2.09. The van der Waals surface area contributed by atoms with Crippen LogP contribution in [0, 0.1) is 6.92 Å². The number of hydrogen-bond acceptors (Lipinski definition) is 6. The number of nitrogen functional groups attached to an aromatic ring is 1. The molecule has 0 aliphatic rings. The Morgan fingerprint density at radius 3 is 2.66 bits per heavy atom. The summed E-state index contributed by atoms with van der Waals surface area (Å²) in [6.45, 7) is 3.36. The van der Waals surface area contributed by atoms with Gasteiger partial charge in [0.1, 0.15) is 11.4 Å². The van der Waals surface area contributed by atoms with Crippen LogP contribution in [-0.2, 0) is 10.9 Å². The maximum atomic E-state index is 14.0. The molecule has 0 radical (unpaired) electrons. The summed E-state index contributed by atoms with van der Waals surface area (Å²) in [6.07, 6.45) is -3.61. The highest BCUT2D eigenvalue weighted by molar-refractivity contribution is 6.33. The fourth-order valence-corrected chi connectivity index (χ4v) is 3.52. The van der Waals surface area contributed by atoms with E-state index in [1.807, 2.05) is 0 Å². The van der Waals surface area contributed by atoms with Crippen molar-refractivity contribution < 1.29 is 22.7 Å². The molecule has 8 nitrogen and oxygen atoms in total. The molecule has 0 unspecified atom stereocenters. The van der Waals surface area contributed by atoms with E-state index in [-0.39, 0.29) is 45.6 Å². The van der Waals surface area contributed by atoms with Crippen molar-refractivity contribution in [2.45, 2.75) is 20.0 Å². The lowest BCUT2D eigenvalue weighted by molar-refractivity contribution is -0.140. The van der Waals surface area contributed by atoms with Gasteiger partial charge in [-0.3, -0.25) is 0 Å². The van der Waals surface area contributed by atoms with E-state index in [2.05, 4.69) is 15.2 Å². The summed E-state index contributed by atoms with van der Waals surface area (Å²) in [6, 6.07) is 7.57. The zero-order valence-corrected chi connectivity index (χ0v) is 17.6. The van der Waals surface area contributed by atoms with Gasteiger partial charge >= 0.3 is 12.1 Å². The molecule has 3 aromatic heterocycles. The van der Waals surface area contributed by atoms with Gasteiger partial charge in [-0.05, 0) is 19.9 Å². The predicted octanol–water partition coefficient (Wildman–Crippen LogP) is 4.32. The smallest absolute Gasteiger partial charge is 0.435 e. The molecule has 4 aromatic rings. The number of rotatable bonds is 4. The maximum Gasteiger partial charge on any atom is 0.435 e. The first-order valence-corrected chi connectivity index (χ1v) is 9.74. The Hall–Kier alpha value is -3.60. The molecule has 166 valence electrons. The molecule has 0 saturated heterocycles. The number of nitrogens with zero attached hydrogens (tertiary/aromatic N) is 5. The van der Waals surface area contributed by atoms with E-state index in [1.54, 1.807) is 26.0 Å². The number of fused-ring (bicyclic) bond motifs is 1. The van der Waals surface area contributed by atoms with Crippen molar-refractivity contribution in [1.29, 1.82) is 0 Å². The highest BCUT2D eigenvalue weighted by atomic mass is 35.5. The Kier molecular flexibility index (Phi) is 5.29. The summed E-state index contributed by atoms with van der Waals surface area (Å²) in [5, 5.41) is 7.97. The molecule has 0 saturated carbocycles. The second-order valence-corrected chi connectivity index (χ2v) is 7.18. The largest absolute Gasteiger partial charge is 0.462 e. The number of ether oxygens (including phenoxy) is 1. The molecule has 0 aliphatic heterocycles. The van der Waals surface area contributed by atoms with Crippen molar-refractivity contribution in [3.63, 3.8) is 0 Å². The van der Waals surface area contributed by atoms with Crippen molar-refractivity contribution >= 4 is 29.0 Å². The Bertz CT molecular complexity index is 1350. The van der Waals surface area contributed by atoms with Gasteiger partial charge in [0.05, 0.1) is 18.4 Å². The van der Waals surface area contributed by atoms with Crippen LogP contribution >= 0.6 is 11.6 Å². The van der Waals surface area contributed by atoms with Gasteiger partial charge < -0.3 is 10.5 Å². The van der Waals surface area contributed by atoms with Crippen LogP contribution in [-0.4, -0.2) is 37.0 Å². The molecule has 0 atom stereocenters. The maximum absolute atomic E-state index is 14.0. The minimum Gasteiger partial charge on any atom is -0.462 e. The van der Waals surface area contributed by atoms with E-state index in [0.29, 0.717) is 5.69 Å². The second kappa shape index (κ2) is 7.83. The van der Waals surface area contributed by atoms with E-state index in [0.717, 1.165) is 9.20 Å². The topological polar surface area (TPSA) is 100 Å². The molecular formula is C20H16ClF3N6O2. The monoisotopic (exact) mass is 464 g/mol. The molecule has 32 heavy (non-hydrogen) atoms. The summed E-state index contributed by atoms with van der Waals surface area (Å²) >= 11 is 6.21. The first kappa shape index (κ1) is 21.6. The third kappa shape index (κ3) is 3.54. The lowest BCUT2D eigenvalue weighted by atomic mass is 10.1. The molecular weight excluding hydrogens is 449 g/mol. The van der Waals surface area contributed by atoms with Gasteiger partial charge in [0.15, 0.2) is 17.2 Å². The molecule has 3 heterocycles. The minimum atomic E-state index is -4.79. The molecule has 0 fully saturated rings. The molecule has 0 spiro atoms. The highest BCUT2D eigenvalue weighted by Gasteiger charge is 2.40. The second-order valence-electron chi connectivity index (χ2n) is 6.77. The van der Waals surface area contributed by atoms with Crippen LogP contribution < -0.4 is 5.73 Å². The normalized spacial score (nSPS) is 11.8. The standard InChI is InChI=1S/C20H16ClF3N6O2/c1-3-32-19(31)12-9-26-29(17(12)25)14-8-10(2)27-18-15(11-6-4-5-7-13(11)21)16(20(22,23)24)28-30(14)18/h4-9H,3,25H2,1-2H3. The molecule has 2 N–H and O–H groups in total. The summed E-state index contributed by atoms with van der Waals surface area (Å²) in [4.78, 5) is 16.4. The van der Waals surface area contributed by atoms with Crippen LogP contribution in [0.2, 0.25) is 5.02 Å².